The third-order valence-corrected chi connectivity index (χ3v) is 2.83. The summed E-state index contributed by atoms with van der Waals surface area (Å²) in [4.78, 5) is 0. The summed E-state index contributed by atoms with van der Waals surface area (Å²) in [5.41, 5.74) is 1.60. The topological polar surface area (TPSA) is 0 Å². The molecule has 0 aromatic heterocycles. The molecule has 0 fully saturated rings. The molecule has 1 unspecified atom stereocenters. The molecule has 0 saturated carbocycles. The normalized spacial score (nSPS) is 20.4. The van der Waals surface area contributed by atoms with Crippen LogP contribution in [0.25, 0.3) is 0 Å². The lowest BCUT2D eigenvalue weighted by atomic mass is 10.0. The van der Waals surface area contributed by atoms with E-state index in [0.717, 1.165) is 36.5 Å². The lowest BCUT2D eigenvalue weighted by Gasteiger charge is -2.01. The molecule has 1 aliphatic carbocycles. The first-order valence-electron chi connectivity index (χ1n) is 4.67. The van der Waals surface area contributed by atoms with Gasteiger partial charge in [-0.25, -0.2) is 8.78 Å². The molecule has 1 aromatic rings. The SMILES string of the molecule is CCC1Cc2cc(F)cc(F)c2C1. The van der Waals surface area contributed by atoms with Gasteiger partial charge in [-0.1, -0.05) is 13.3 Å². The molecule has 0 amide bonds. The quantitative estimate of drug-likeness (QED) is 0.626. The Morgan fingerprint density at radius 1 is 1.31 bits per heavy atom. The standard InChI is InChI=1S/C11H12F2/c1-2-7-3-8-5-9(12)6-11(13)10(8)4-7/h5-7H,2-4H2,1H3. The maximum absolute atomic E-state index is 13.2. The Bertz CT molecular complexity index is 331. The first-order chi connectivity index (χ1) is 6.20. The summed E-state index contributed by atoms with van der Waals surface area (Å²) in [5.74, 6) is -0.315. The second-order valence-electron chi connectivity index (χ2n) is 3.71. The molecule has 0 bridgehead atoms. The molecule has 0 aliphatic heterocycles. The fraction of sp³-hybridized carbons (Fsp3) is 0.455. The molecule has 1 atom stereocenters. The molecule has 0 heterocycles. The maximum Gasteiger partial charge on any atom is 0.129 e. The van der Waals surface area contributed by atoms with Gasteiger partial charge in [0.2, 0.25) is 0 Å². The summed E-state index contributed by atoms with van der Waals surface area (Å²) < 4.78 is 26.0. The van der Waals surface area contributed by atoms with Crippen LogP contribution in [0.3, 0.4) is 0 Å². The summed E-state index contributed by atoms with van der Waals surface area (Å²) in [6, 6.07) is 2.45. The molecule has 1 aromatic carbocycles. The Kier molecular flexibility index (Phi) is 2.06. The third kappa shape index (κ3) is 1.45. The summed E-state index contributed by atoms with van der Waals surface area (Å²) in [6.45, 7) is 2.09. The zero-order valence-corrected chi connectivity index (χ0v) is 7.61. The second-order valence-corrected chi connectivity index (χ2v) is 3.71. The van der Waals surface area contributed by atoms with Crippen molar-refractivity contribution >= 4 is 0 Å². The Morgan fingerprint density at radius 2 is 2.08 bits per heavy atom. The van der Waals surface area contributed by atoms with Gasteiger partial charge in [-0.2, -0.15) is 0 Å². The molecule has 70 valence electrons. The number of hydrogen-bond donors (Lipinski definition) is 0. The van der Waals surface area contributed by atoms with Gasteiger partial charge in [-0.05, 0) is 36.0 Å². The highest BCUT2D eigenvalue weighted by molar-refractivity contribution is 5.34. The van der Waals surface area contributed by atoms with Crippen LogP contribution in [0.1, 0.15) is 24.5 Å². The van der Waals surface area contributed by atoms with E-state index in [-0.39, 0.29) is 5.82 Å². The highest BCUT2D eigenvalue weighted by Gasteiger charge is 2.23. The molecule has 1 aliphatic rings. The van der Waals surface area contributed by atoms with Gasteiger partial charge in [0, 0.05) is 6.07 Å². The van der Waals surface area contributed by atoms with Crippen molar-refractivity contribution in [3.8, 4) is 0 Å². The van der Waals surface area contributed by atoms with Crippen molar-refractivity contribution in [3.63, 3.8) is 0 Å². The molecule has 2 heteroatoms. The van der Waals surface area contributed by atoms with Gasteiger partial charge in [-0.15, -0.1) is 0 Å². The molecule has 13 heavy (non-hydrogen) atoms. The lowest BCUT2D eigenvalue weighted by Crippen LogP contribution is -1.96. The lowest BCUT2D eigenvalue weighted by molar-refractivity contribution is 0.530. The van der Waals surface area contributed by atoms with E-state index >= 15 is 0 Å². The summed E-state index contributed by atoms with van der Waals surface area (Å²) >= 11 is 0. The van der Waals surface area contributed by atoms with Gasteiger partial charge in [-0.3, -0.25) is 0 Å². The van der Waals surface area contributed by atoms with Crippen LogP contribution in [0.15, 0.2) is 12.1 Å². The van der Waals surface area contributed by atoms with Crippen molar-refractivity contribution in [2.24, 2.45) is 5.92 Å². The van der Waals surface area contributed by atoms with Crippen molar-refractivity contribution < 1.29 is 8.78 Å². The van der Waals surface area contributed by atoms with Crippen LogP contribution >= 0.6 is 0 Å². The van der Waals surface area contributed by atoms with E-state index in [9.17, 15) is 8.78 Å². The summed E-state index contributed by atoms with van der Waals surface area (Å²) in [6.07, 6.45) is 2.65. The number of halogens is 2. The van der Waals surface area contributed by atoms with Crippen LogP contribution < -0.4 is 0 Å². The summed E-state index contributed by atoms with van der Waals surface area (Å²) in [5, 5.41) is 0. The predicted molar refractivity (Wildman–Crippen MR) is 47.5 cm³/mol. The smallest absolute Gasteiger partial charge is 0.129 e. The Morgan fingerprint density at radius 3 is 2.77 bits per heavy atom. The second kappa shape index (κ2) is 3.09. The van der Waals surface area contributed by atoms with Gasteiger partial charge < -0.3 is 0 Å². The number of rotatable bonds is 1. The fourth-order valence-corrected chi connectivity index (χ4v) is 2.03. The van der Waals surface area contributed by atoms with Crippen molar-refractivity contribution in [1.82, 2.24) is 0 Å². The molecule has 0 nitrogen and oxygen atoms in total. The average molecular weight is 182 g/mol. The van der Waals surface area contributed by atoms with Crippen LogP contribution in [-0.4, -0.2) is 0 Å². The molecule has 0 radical (unpaired) electrons. The van der Waals surface area contributed by atoms with Gasteiger partial charge in [0.1, 0.15) is 11.6 Å². The van der Waals surface area contributed by atoms with Crippen LogP contribution in [0, 0.1) is 17.6 Å². The zero-order valence-electron chi connectivity index (χ0n) is 7.61. The Balaban J connectivity index is 2.40. The van der Waals surface area contributed by atoms with E-state index in [1.807, 2.05) is 0 Å². The molecular weight excluding hydrogens is 170 g/mol. The predicted octanol–water partition coefficient (Wildman–Crippen LogP) is 3.09. The zero-order chi connectivity index (χ0) is 9.42. The van der Waals surface area contributed by atoms with Gasteiger partial charge >= 0.3 is 0 Å². The Labute approximate surface area is 76.6 Å². The van der Waals surface area contributed by atoms with Crippen LogP contribution in [0.5, 0.6) is 0 Å². The molecule has 0 saturated heterocycles. The highest BCUT2D eigenvalue weighted by Crippen LogP contribution is 2.31. The first-order valence-corrected chi connectivity index (χ1v) is 4.67. The van der Waals surface area contributed by atoms with Crippen LogP contribution in [0.2, 0.25) is 0 Å². The van der Waals surface area contributed by atoms with Crippen molar-refractivity contribution in [3.05, 3.63) is 34.9 Å². The molecular formula is C11H12F2. The highest BCUT2D eigenvalue weighted by atomic mass is 19.1. The summed E-state index contributed by atoms with van der Waals surface area (Å²) in [7, 11) is 0. The molecule has 0 N–H and O–H groups in total. The van der Waals surface area contributed by atoms with Gasteiger partial charge in [0.15, 0.2) is 0 Å². The average Bonchev–Trinajstić information content (AvgIpc) is 2.47. The van der Waals surface area contributed by atoms with Gasteiger partial charge in [0.25, 0.3) is 0 Å². The van der Waals surface area contributed by atoms with E-state index in [0.29, 0.717) is 5.92 Å². The monoisotopic (exact) mass is 182 g/mol. The van der Waals surface area contributed by atoms with Crippen molar-refractivity contribution in [2.45, 2.75) is 26.2 Å². The first kappa shape index (κ1) is 8.67. The minimum Gasteiger partial charge on any atom is -0.207 e. The van der Waals surface area contributed by atoms with E-state index < -0.39 is 5.82 Å². The van der Waals surface area contributed by atoms with E-state index in [4.69, 9.17) is 0 Å². The number of hydrogen-bond acceptors (Lipinski definition) is 0. The Hall–Kier alpha value is -0.920. The number of benzene rings is 1. The maximum atomic E-state index is 13.2. The molecule has 2 rings (SSSR count). The van der Waals surface area contributed by atoms with Gasteiger partial charge in [0.05, 0.1) is 0 Å². The van der Waals surface area contributed by atoms with Crippen LogP contribution in [-0.2, 0) is 12.8 Å². The fourth-order valence-electron chi connectivity index (χ4n) is 2.03. The van der Waals surface area contributed by atoms with E-state index in [1.165, 1.54) is 6.07 Å². The minimum atomic E-state index is -0.451. The third-order valence-electron chi connectivity index (χ3n) is 2.83. The van der Waals surface area contributed by atoms with E-state index in [2.05, 4.69) is 6.92 Å². The van der Waals surface area contributed by atoms with E-state index in [1.54, 1.807) is 0 Å². The minimum absolute atomic E-state index is 0.369. The van der Waals surface area contributed by atoms with Crippen molar-refractivity contribution in [2.75, 3.05) is 0 Å². The van der Waals surface area contributed by atoms with Crippen LogP contribution in [0.4, 0.5) is 8.78 Å². The number of fused-ring (bicyclic) bond motifs is 1. The largest absolute Gasteiger partial charge is 0.207 e. The molecule has 0 spiro atoms. The van der Waals surface area contributed by atoms with Crippen molar-refractivity contribution in [1.29, 1.82) is 0 Å².